The zero-order valence-electron chi connectivity index (χ0n) is 35.0. The van der Waals surface area contributed by atoms with Crippen LogP contribution < -0.4 is 4.90 Å². The fraction of sp³-hybridized carbons (Fsp3) is 0.0167. The smallest absolute Gasteiger partial charge is 0.165 e. The van der Waals surface area contributed by atoms with Gasteiger partial charge in [-0.05, 0) is 80.6 Å². The van der Waals surface area contributed by atoms with E-state index < -0.39 is 5.41 Å². The Balaban J connectivity index is 1.01. The Bertz CT molecular complexity index is 3770. The lowest BCUT2D eigenvalue weighted by atomic mass is 9.64. The highest BCUT2D eigenvalue weighted by Crippen LogP contribution is 2.65. The lowest BCUT2D eigenvalue weighted by Crippen LogP contribution is -2.36. The summed E-state index contributed by atoms with van der Waals surface area (Å²) in [5, 5.41) is 7.27. The van der Waals surface area contributed by atoms with Crippen LogP contribution in [-0.2, 0) is 5.41 Å². The second-order valence-corrected chi connectivity index (χ2v) is 18.1. The Morgan fingerprint density at radius 2 is 0.831 bits per heavy atom. The third kappa shape index (κ3) is 5.16. The molecule has 5 heteroatoms. The lowest BCUT2D eigenvalue weighted by molar-refractivity contribution is 0.756. The average Bonchev–Trinajstić information content (AvgIpc) is 3.91. The van der Waals surface area contributed by atoms with Crippen LogP contribution in [-0.4, -0.2) is 15.0 Å². The summed E-state index contributed by atoms with van der Waals surface area (Å²) in [4.78, 5) is 18.1. The number of hydrogen-bond acceptors (Lipinski definition) is 5. The molecular formula is C60H36N4S. The van der Waals surface area contributed by atoms with Crippen LogP contribution in [0.5, 0.6) is 0 Å². The molecule has 3 heterocycles. The van der Waals surface area contributed by atoms with Crippen molar-refractivity contribution in [3.8, 4) is 45.3 Å². The van der Waals surface area contributed by atoms with Gasteiger partial charge in [-0.15, -0.1) is 11.3 Å². The van der Waals surface area contributed by atoms with Crippen molar-refractivity contribution in [2.24, 2.45) is 0 Å². The molecule has 0 radical (unpaired) electrons. The maximum Gasteiger partial charge on any atom is 0.165 e. The monoisotopic (exact) mass is 844 g/mol. The number of hydrogen-bond donors (Lipinski definition) is 0. The number of anilines is 3. The van der Waals surface area contributed by atoms with Crippen LogP contribution in [0.2, 0.25) is 0 Å². The molecule has 0 unspecified atom stereocenters. The van der Waals surface area contributed by atoms with Gasteiger partial charge in [0.15, 0.2) is 17.5 Å². The summed E-state index contributed by atoms with van der Waals surface area (Å²) in [5.41, 5.74) is 13.5. The predicted octanol–water partition coefficient (Wildman–Crippen LogP) is 15.7. The van der Waals surface area contributed by atoms with Gasteiger partial charge in [-0.25, -0.2) is 15.0 Å². The van der Waals surface area contributed by atoms with E-state index in [2.05, 4.69) is 205 Å². The van der Waals surface area contributed by atoms with Crippen molar-refractivity contribution < 1.29 is 0 Å². The fourth-order valence-electron chi connectivity index (χ4n) is 11.0. The molecule has 0 bridgehead atoms. The second kappa shape index (κ2) is 13.9. The van der Waals surface area contributed by atoms with Gasteiger partial charge in [0.1, 0.15) is 0 Å². The maximum absolute atomic E-state index is 5.28. The molecule has 1 aliphatic heterocycles. The first-order chi connectivity index (χ1) is 32.2. The molecule has 2 aliphatic rings. The largest absolute Gasteiger partial charge is 0.309 e. The number of aromatic nitrogens is 3. The van der Waals surface area contributed by atoms with E-state index >= 15 is 0 Å². The highest BCUT2D eigenvalue weighted by Gasteiger charge is 2.52. The third-order valence-corrected chi connectivity index (χ3v) is 14.9. The molecule has 14 rings (SSSR count). The molecule has 0 N–H and O–H groups in total. The molecular weight excluding hydrogens is 809 g/mol. The van der Waals surface area contributed by atoms with Crippen molar-refractivity contribution in [1.82, 2.24) is 15.0 Å². The molecule has 0 atom stereocenters. The lowest BCUT2D eigenvalue weighted by Gasteiger charge is -2.46. The highest BCUT2D eigenvalue weighted by atomic mass is 32.1. The Morgan fingerprint density at radius 1 is 0.338 bits per heavy atom. The van der Waals surface area contributed by atoms with E-state index in [-0.39, 0.29) is 0 Å². The summed E-state index contributed by atoms with van der Waals surface area (Å²) in [6.07, 6.45) is 0. The minimum Gasteiger partial charge on any atom is -0.309 e. The Morgan fingerprint density at radius 3 is 1.48 bits per heavy atom. The van der Waals surface area contributed by atoms with Crippen LogP contribution in [0.1, 0.15) is 22.3 Å². The molecule has 1 aliphatic carbocycles. The normalized spacial score (nSPS) is 13.3. The molecule has 0 fully saturated rings. The molecule has 2 aromatic heterocycles. The fourth-order valence-corrected chi connectivity index (χ4v) is 12.2. The minimum atomic E-state index is -0.547. The summed E-state index contributed by atoms with van der Waals surface area (Å²) in [6.45, 7) is 0. The van der Waals surface area contributed by atoms with Crippen molar-refractivity contribution in [1.29, 1.82) is 0 Å². The third-order valence-electron chi connectivity index (χ3n) is 13.7. The zero-order chi connectivity index (χ0) is 42.6. The van der Waals surface area contributed by atoms with Crippen LogP contribution >= 0.6 is 11.3 Å². The standard InChI is InChI=1S/C60H36N4S/c1-2-17-39(18-3-1)57-61-58(63-59(62-57)48-25-14-24-47-46-23-10-13-28-53(46)65-56(47)48)40-29-33-41(34-30-40)64-54-42-19-6-4-15-37(42)31-35-51(54)60(52-36-32-38-16-5-7-20-43(38)55(52)64)49-26-11-8-21-44(49)45-22-9-12-27-50(45)60/h1-36H. The van der Waals surface area contributed by atoms with Gasteiger partial charge in [0.05, 0.1) is 16.8 Å². The molecule has 4 nitrogen and oxygen atoms in total. The Labute approximate surface area is 379 Å². The predicted molar refractivity (Wildman–Crippen MR) is 270 cm³/mol. The zero-order valence-corrected chi connectivity index (χ0v) is 35.8. The van der Waals surface area contributed by atoms with E-state index in [1.165, 1.54) is 86.5 Å². The SMILES string of the molecule is c1ccc(-c2nc(-c3ccc(N4c5c(ccc6ccccc56)C5(c6ccccc6-c6ccccc65)c5ccc6ccccc6c54)cc3)nc(-c3cccc4c3sc3ccccc34)n2)cc1. The molecule has 0 saturated carbocycles. The van der Waals surface area contributed by atoms with Gasteiger partial charge in [0.25, 0.3) is 0 Å². The highest BCUT2D eigenvalue weighted by molar-refractivity contribution is 7.26. The first kappa shape index (κ1) is 36.3. The summed E-state index contributed by atoms with van der Waals surface area (Å²) in [7, 11) is 0. The average molecular weight is 845 g/mol. The van der Waals surface area contributed by atoms with Crippen LogP contribution in [0.4, 0.5) is 17.1 Å². The number of benzene rings is 10. The van der Waals surface area contributed by atoms with Crippen molar-refractivity contribution in [3.63, 3.8) is 0 Å². The summed E-state index contributed by atoms with van der Waals surface area (Å²) < 4.78 is 2.42. The van der Waals surface area contributed by atoms with Gasteiger partial charge in [0, 0.05) is 53.3 Å². The van der Waals surface area contributed by atoms with E-state index in [0.717, 1.165) is 22.4 Å². The second-order valence-electron chi connectivity index (χ2n) is 17.0. The molecule has 0 saturated heterocycles. The van der Waals surface area contributed by atoms with Crippen LogP contribution in [0.15, 0.2) is 218 Å². The Kier molecular flexibility index (Phi) is 7.74. The minimum absolute atomic E-state index is 0.547. The first-order valence-corrected chi connectivity index (χ1v) is 22.9. The van der Waals surface area contributed by atoms with Crippen molar-refractivity contribution in [2.45, 2.75) is 5.41 Å². The number of rotatable bonds is 4. The molecule has 10 aromatic carbocycles. The van der Waals surface area contributed by atoms with E-state index in [1.54, 1.807) is 11.3 Å². The molecule has 0 amide bonds. The van der Waals surface area contributed by atoms with Gasteiger partial charge in [0.2, 0.25) is 0 Å². The topological polar surface area (TPSA) is 41.9 Å². The van der Waals surface area contributed by atoms with Gasteiger partial charge >= 0.3 is 0 Å². The van der Waals surface area contributed by atoms with E-state index in [4.69, 9.17) is 15.0 Å². The number of nitrogens with zero attached hydrogens (tertiary/aromatic N) is 4. The van der Waals surface area contributed by atoms with Gasteiger partial charge in [-0.1, -0.05) is 182 Å². The van der Waals surface area contributed by atoms with Gasteiger partial charge in [-0.3, -0.25) is 0 Å². The summed E-state index contributed by atoms with van der Waals surface area (Å²) >= 11 is 1.79. The maximum atomic E-state index is 5.28. The van der Waals surface area contributed by atoms with E-state index in [1.807, 2.05) is 18.2 Å². The number of fused-ring (bicyclic) bond motifs is 16. The Hall–Kier alpha value is -8.25. The quantitative estimate of drug-likeness (QED) is 0.177. The summed E-state index contributed by atoms with van der Waals surface area (Å²) in [6, 6.07) is 79.3. The molecule has 12 aromatic rings. The molecule has 1 spiro atoms. The van der Waals surface area contributed by atoms with E-state index in [9.17, 15) is 0 Å². The van der Waals surface area contributed by atoms with Crippen LogP contribution in [0, 0.1) is 0 Å². The van der Waals surface area contributed by atoms with Gasteiger partial charge < -0.3 is 4.90 Å². The van der Waals surface area contributed by atoms with Crippen molar-refractivity contribution in [3.05, 3.63) is 241 Å². The van der Waals surface area contributed by atoms with Crippen LogP contribution in [0.3, 0.4) is 0 Å². The van der Waals surface area contributed by atoms with Crippen LogP contribution in [0.25, 0.3) is 87.0 Å². The van der Waals surface area contributed by atoms with Gasteiger partial charge in [-0.2, -0.15) is 0 Å². The van der Waals surface area contributed by atoms with Crippen molar-refractivity contribution >= 4 is 70.1 Å². The molecule has 65 heavy (non-hydrogen) atoms. The van der Waals surface area contributed by atoms with Crippen molar-refractivity contribution in [2.75, 3.05) is 4.90 Å². The summed E-state index contributed by atoms with van der Waals surface area (Å²) in [5.74, 6) is 1.94. The van der Waals surface area contributed by atoms with E-state index in [0.29, 0.717) is 17.5 Å². The molecule has 302 valence electrons. The first-order valence-electron chi connectivity index (χ1n) is 22.1. The number of thiophene rings is 1.